The van der Waals surface area contributed by atoms with Crippen LogP contribution in [0.25, 0.3) is 16.4 Å². The summed E-state index contributed by atoms with van der Waals surface area (Å²) in [4.78, 5) is 16.2. The Hall–Kier alpha value is -3.94. The van der Waals surface area contributed by atoms with Gasteiger partial charge in [0.15, 0.2) is 11.5 Å². The third-order valence-corrected chi connectivity index (χ3v) is 3.96. The average molecular weight is 375 g/mol. The van der Waals surface area contributed by atoms with Crippen LogP contribution in [0.3, 0.4) is 0 Å². The minimum atomic E-state index is -0.240. The summed E-state index contributed by atoms with van der Waals surface area (Å²) in [6, 6.07) is 1.70. The van der Waals surface area contributed by atoms with Crippen molar-refractivity contribution in [2.75, 3.05) is 0 Å². The predicted molar refractivity (Wildman–Crippen MR) is 100 cm³/mol. The fraction of sp³-hybridized carbons (Fsp3) is 0.294. The van der Waals surface area contributed by atoms with Gasteiger partial charge in [0.2, 0.25) is 5.65 Å². The average Bonchev–Trinajstić information content (AvgIpc) is 3.32. The highest BCUT2D eigenvalue weighted by Gasteiger charge is 2.25. The second kappa shape index (κ2) is 6.34. The van der Waals surface area contributed by atoms with E-state index in [-0.39, 0.29) is 16.9 Å². The molecule has 0 aliphatic carbocycles. The Morgan fingerprint density at radius 2 is 1.93 bits per heavy atom. The molecule has 4 aromatic rings. The van der Waals surface area contributed by atoms with Crippen LogP contribution in [0.15, 0.2) is 34.9 Å². The van der Waals surface area contributed by atoms with Crippen molar-refractivity contribution >= 4 is 22.8 Å². The van der Waals surface area contributed by atoms with Crippen LogP contribution >= 0.6 is 0 Å². The van der Waals surface area contributed by atoms with Gasteiger partial charge in [-0.25, -0.2) is 19.8 Å². The summed E-state index contributed by atoms with van der Waals surface area (Å²) in [5, 5.41) is 20.4. The Kier molecular flexibility index (Phi) is 3.96. The monoisotopic (exact) mass is 375 g/mol. The van der Waals surface area contributed by atoms with Crippen LogP contribution in [-0.2, 0) is 5.41 Å². The number of fused-ring (bicyclic) bond motifs is 1. The van der Waals surface area contributed by atoms with E-state index >= 15 is 0 Å². The molecule has 0 radical (unpaired) electrons. The molecule has 140 valence electrons. The number of rotatable bonds is 3. The minimum Gasteiger partial charge on any atom is -0.277 e. The lowest BCUT2D eigenvalue weighted by Gasteiger charge is -2.16. The first-order valence-electron chi connectivity index (χ1n) is 8.49. The fourth-order valence-corrected chi connectivity index (χ4v) is 2.68. The highest BCUT2D eigenvalue weighted by Crippen LogP contribution is 2.36. The number of nitrogens with one attached hydrogen (secondary N) is 1. The molecule has 4 aromatic heterocycles. The minimum absolute atomic E-state index is 0.240. The van der Waals surface area contributed by atoms with Crippen molar-refractivity contribution in [3.8, 4) is 5.95 Å². The van der Waals surface area contributed by atoms with E-state index in [2.05, 4.69) is 66.1 Å². The van der Waals surface area contributed by atoms with Gasteiger partial charge in [0.25, 0.3) is 11.6 Å². The molecule has 0 unspecified atom stereocenters. The van der Waals surface area contributed by atoms with Gasteiger partial charge in [0.05, 0.1) is 18.5 Å². The molecule has 28 heavy (non-hydrogen) atoms. The third kappa shape index (κ3) is 2.90. The molecular formula is C17H17N11. The first-order chi connectivity index (χ1) is 13.4. The van der Waals surface area contributed by atoms with Crippen molar-refractivity contribution < 1.29 is 0 Å². The van der Waals surface area contributed by atoms with Crippen molar-refractivity contribution in [2.45, 2.75) is 33.1 Å². The maximum Gasteiger partial charge on any atom is 0.252 e. The number of azo groups is 1. The zero-order valence-electron chi connectivity index (χ0n) is 15.8. The number of aryl methyl sites for hydroxylation is 1. The van der Waals surface area contributed by atoms with Crippen LogP contribution in [0.2, 0.25) is 0 Å². The van der Waals surface area contributed by atoms with Crippen LogP contribution in [0.4, 0.5) is 17.2 Å². The molecule has 0 aliphatic rings. The van der Waals surface area contributed by atoms with Crippen molar-refractivity contribution in [3.63, 3.8) is 0 Å². The van der Waals surface area contributed by atoms with Crippen LogP contribution in [0.1, 0.15) is 32.3 Å². The zero-order chi connectivity index (χ0) is 19.9. The molecule has 4 heterocycles. The predicted octanol–water partition coefficient (Wildman–Crippen LogP) is 3.61. The standard InChI is InChI=1S/C17H17N11/c1-10-22-15-12(13(17(2,3)4)26-28(15)25-10)23-24-14-11(18-5)9-21-27(14)16-19-7-6-8-20-16/h6-9,26H,1-4H3. The molecule has 0 bridgehead atoms. The largest absolute Gasteiger partial charge is 0.277 e. The molecule has 11 nitrogen and oxygen atoms in total. The number of H-pyrrole nitrogens is 1. The summed E-state index contributed by atoms with van der Waals surface area (Å²) >= 11 is 0. The molecule has 0 aromatic carbocycles. The van der Waals surface area contributed by atoms with Gasteiger partial charge in [-0.2, -0.15) is 14.4 Å². The van der Waals surface area contributed by atoms with Gasteiger partial charge >= 0.3 is 0 Å². The molecule has 0 saturated carbocycles. The molecule has 0 fully saturated rings. The SMILES string of the molecule is [C-]#[N+]c1cnn(-c2ncccn2)c1N=Nc1c(C(C)(C)C)[nH]n2nc(C)nc12. The number of aromatic nitrogens is 8. The number of hydrogen-bond acceptors (Lipinski definition) is 7. The first kappa shape index (κ1) is 17.5. The van der Waals surface area contributed by atoms with Crippen molar-refractivity contribution in [3.05, 3.63) is 47.6 Å². The quantitative estimate of drug-likeness (QED) is 0.433. The lowest BCUT2D eigenvalue weighted by molar-refractivity contribution is 0.557. The molecule has 0 aliphatic heterocycles. The summed E-state index contributed by atoms with van der Waals surface area (Å²) in [5.41, 5.74) is 1.97. The maximum atomic E-state index is 7.39. The van der Waals surface area contributed by atoms with Gasteiger partial charge < -0.3 is 0 Å². The van der Waals surface area contributed by atoms with Crippen LogP contribution in [0.5, 0.6) is 0 Å². The topological polar surface area (TPSA) is 119 Å². The molecule has 0 amide bonds. The summed E-state index contributed by atoms with van der Waals surface area (Å²) in [6.07, 6.45) is 4.60. The van der Waals surface area contributed by atoms with E-state index in [1.807, 2.05) is 0 Å². The molecule has 0 saturated heterocycles. The van der Waals surface area contributed by atoms with Gasteiger partial charge in [-0.3, -0.25) is 5.10 Å². The van der Waals surface area contributed by atoms with E-state index in [1.165, 1.54) is 10.9 Å². The van der Waals surface area contributed by atoms with E-state index in [4.69, 9.17) is 6.57 Å². The Morgan fingerprint density at radius 1 is 1.18 bits per heavy atom. The van der Waals surface area contributed by atoms with Crippen LogP contribution < -0.4 is 0 Å². The van der Waals surface area contributed by atoms with Gasteiger partial charge in [-0.05, 0) is 13.0 Å². The molecule has 11 heteroatoms. The highest BCUT2D eigenvalue weighted by atomic mass is 15.5. The number of aromatic amines is 1. The first-order valence-corrected chi connectivity index (χ1v) is 8.49. The smallest absolute Gasteiger partial charge is 0.252 e. The van der Waals surface area contributed by atoms with Crippen LogP contribution in [0, 0.1) is 13.5 Å². The Bertz CT molecular complexity index is 1210. The normalized spacial score (nSPS) is 12.1. The lowest BCUT2D eigenvalue weighted by Crippen LogP contribution is -2.12. The number of hydrogen-bond donors (Lipinski definition) is 1. The van der Waals surface area contributed by atoms with E-state index < -0.39 is 0 Å². The van der Waals surface area contributed by atoms with Crippen LogP contribution in [-0.4, -0.2) is 39.6 Å². The lowest BCUT2D eigenvalue weighted by atomic mass is 9.91. The molecule has 4 rings (SSSR count). The fourth-order valence-electron chi connectivity index (χ4n) is 2.68. The summed E-state index contributed by atoms with van der Waals surface area (Å²) in [7, 11) is 0. The van der Waals surface area contributed by atoms with E-state index in [0.717, 1.165) is 5.69 Å². The van der Waals surface area contributed by atoms with E-state index in [9.17, 15) is 0 Å². The van der Waals surface area contributed by atoms with Gasteiger partial charge in [0.1, 0.15) is 5.82 Å². The maximum absolute atomic E-state index is 7.39. The van der Waals surface area contributed by atoms with Crippen molar-refractivity contribution in [2.24, 2.45) is 10.2 Å². The molecule has 0 atom stereocenters. The summed E-state index contributed by atoms with van der Waals surface area (Å²) in [5.74, 6) is 1.17. The Labute approximate surface area is 160 Å². The van der Waals surface area contributed by atoms with Gasteiger partial charge in [0, 0.05) is 17.8 Å². The molecule has 1 N–H and O–H groups in total. The van der Waals surface area contributed by atoms with Crippen molar-refractivity contribution in [1.29, 1.82) is 0 Å². The summed E-state index contributed by atoms with van der Waals surface area (Å²) in [6.45, 7) is 15.3. The van der Waals surface area contributed by atoms with Gasteiger partial charge in [-0.15, -0.1) is 15.3 Å². The summed E-state index contributed by atoms with van der Waals surface area (Å²) < 4.78 is 2.96. The van der Waals surface area contributed by atoms with E-state index in [1.54, 1.807) is 30.0 Å². The van der Waals surface area contributed by atoms with Gasteiger partial charge in [-0.1, -0.05) is 20.8 Å². The Balaban J connectivity index is 1.87. The van der Waals surface area contributed by atoms with E-state index in [0.29, 0.717) is 23.1 Å². The zero-order valence-corrected chi connectivity index (χ0v) is 15.8. The van der Waals surface area contributed by atoms with Crippen molar-refractivity contribution in [1.82, 2.24) is 39.6 Å². The molecule has 0 spiro atoms. The Morgan fingerprint density at radius 3 is 2.61 bits per heavy atom. The second-order valence-electron chi connectivity index (χ2n) is 7.11. The third-order valence-electron chi connectivity index (χ3n) is 3.96. The molecular weight excluding hydrogens is 358 g/mol. The highest BCUT2D eigenvalue weighted by molar-refractivity contribution is 5.69. The second-order valence-corrected chi connectivity index (χ2v) is 7.11. The number of nitrogens with zero attached hydrogens (tertiary/aromatic N) is 10.